The molecule has 5 nitrogen and oxygen atoms in total. The second-order valence-corrected chi connectivity index (χ2v) is 7.33. The van der Waals surface area contributed by atoms with Gasteiger partial charge in [-0.15, -0.1) is 0 Å². The number of hydrogen-bond donors (Lipinski definition) is 3. The molecule has 4 rings (SSSR count). The van der Waals surface area contributed by atoms with Crippen LogP contribution in [0, 0.1) is 0 Å². The molecule has 0 aromatic carbocycles. The predicted octanol–water partition coefficient (Wildman–Crippen LogP) is 2.23. The molecular weight excluding hydrogens is 312 g/mol. The Labute approximate surface area is 148 Å². The molecule has 0 spiro atoms. The molecule has 25 heavy (non-hydrogen) atoms. The van der Waals surface area contributed by atoms with Crippen LogP contribution in [0.2, 0.25) is 0 Å². The molecule has 0 radical (unpaired) electrons. The van der Waals surface area contributed by atoms with Gasteiger partial charge in [0.25, 0.3) is 0 Å². The molecule has 132 valence electrons. The van der Waals surface area contributed by atoms with Crippen molar-refractivity contribution in [3.05, 3.63) is 48.5 Å². The zero-order valence-electron chi connectivity index (χ0n) is 14.5. The van der Waals surface area contributed by atoms with Gasteiger partial charge in [-0.25, -0.2) is 0 Å². The van der Waals surface area contributed by atoms with Gasteiger partial charge in [0.1, 0.15) is 5.60 Å². The average molecular weight is 338 g/mol. The van der Waals surface area contributed by atoms with Crippen LogP contribution in [0.1, 0.15) is 37.8 Å². The van der Waals surface area contributed by atoms with E-state index in [9.17, 15) is 5.11 Å². The lowest BCUT2D eigenvalue weighted by Gasteiger charge is -2.37. The number of pyridine rings is 2. The summed E-state index contributed by atoms with van der Waals surface area (Å²) in [7, 11) is 0. The Kier molecular flexibility index (Phi) is 4.79. The Balaban J connectivity index is 1.39. The van der Waals surface area contributed by atoms with Crippen LogP contribution in [0.5, 0.6) is 0 Å². The van der Waals surface area contributed by atoms with E-state index in [0.29, 0.717) is 12.1 Å². The predicted molar refractivity (Wildman–Crippen MR) is 98.0 cm³/mol. The SMILES string of the molecule is OC1(c2ccc(-c3ccncc3)cn2)CCC(N[C@H]2CCNC2)CC1. The van der Waals surface area contributed by atoms with Crippen molar-refractivity contribution in [3.8, 4) is 11.1 Å². The van der Waals surface area contributed by atoms with E-state index >= 15 is 0 Å². The summed E-state index contributed by atoms with van der Waals surface area (Å²) >= 11 is 0. The second kappa shape index (κ2) is 7.20. The fourth-order valence-electron chi connectivity index (χ4n) is 4.03. The van der Waals surface area contributed by atoms with Crippen molar-refractivity contribution in [2.45, 2.75) is 49.8 Å². The summed E-state index contributed by atoms with van der Waals surface area (Å²) in [5.74, 6) is 0. The van der Waals surface area contributed by atoms with Gasteiger partial charge < -0.3 is 15.7 Å². The first-order valence-corrected chi connectivity index (χ1v) is 9.29. The van der Waals surface area contributed by atoms with Crippen molar-refractivity contribution >= 4 is 0 Å². The molecule has 0 bridgehead atoms. The summed E-state index contributed by atoms with van der Waals surface area (Å²) in [5.41, 5.74) is 2.16. The maximum atomic E-state index is 11.1. The van der Waals surface area contributed by atoms with Crippen molar-refractivity contribution in [2.24, 2.45) is 0 Å². The van der Waals surface area contributed by atoms with E-state index < -0.39 is 5.60 Å². The molecule has 2 aromatic rings. The Morgan fingerprint density at radius 3 is 2.44 bits per heavy atom. The van der Waals surface area contributed by atoms with E-state index in [4.69, 9.17) is 0 Å². The van der Waals surface area contributed by atoms with E-state index in [1.54, 1.807) is 12.4 Å². The molecule has 2 aliphatic rings. The van der Waals surface area contributed by atoms with Crippen molar-refractivity contribution in [3.63, 3.8) is 0 Å². The molecular formula is C20H26N4O. The van der Waals surface area contributed by atoms with Gasteiger partial charge in [0.2, 0.25) is 0 Å². The molecule has 1 aliphatic heterocycles. The smallest absolute Gasteiger partial charge is 0.107 e. The zero-order valence-corrected chi connectivity index (χ0v) is 14.5. The minimum atomic E-state index is -0.789. The highest BCUT2D eigenvalue weighted by atomic mass is 16.3. The van der Waals surface area contributed by atoms with Gasteiger partial charge in [-0.1, -0.05) is 6.07 Å². The van der Waals surface area contributed by atoms with Gasteiger partial charge in [0.15, 0.2) is 0 Å². The summed E-state index contributed by atoms with van der Waals surface area (Å²) in [6, 6.07) is 9.07. The van der Waals surface area contributed by atoms with Crippen molar-refractivity contribution in [2.75, 3.05) is 13.1 Å². The molecule has 3 N–H and O–H groups in total. The monoisotopic (exact) mass is 338 g/mol. The zero-order chi connectivity index (χ0) is 17.1. The van der Waals surface area contributed by atoms with Gasteiger partial charge in [0.05, 0.1) is 5.69 Å². The van der Waals surface area contributed by atoms with Crippen LogP contribution in [0.4, 0.5) is 0 Å². The van der Waals surface area contributed by atoms with Crippen LogP contribution in [0.25, 0.3) is 11.1 Å². The Morgan fingerprint density at radius 2 is 1.80 bits per heavy atom. The molecule has 1 aliphatic carbocycles. The van der Waals surface area contributed by atoms with E-state index in [1.807, 2.05) is 30.5 Å². The Morgan fingerprint density at radius 1 is 1.00 bits per heavy atom. The highest BCUT2D eigenvalue weighted by Crippen LogP contribution is 2.36. The van der Waals surface area contributed by atoms with E-state index in [0.717, 1.165) is 55.6 Å². The average Bonchev–Trinajstić information content (AvgIpc) is 3.18. The number of rotatable bonds is 4. The maximum Gasteiger partial charge on any atom is 0.107 e. The van der Waals surface area contributed by atoms with Crippen LogP contribution >= 0.6 is 0 Å². The fraction of sp³-hybridized carbons (Fsp3) is 0.500. The van der Waals surface area contributed by atoms with Crippen LogP contribution in [0.3, 0.4) is 0 Å². The maximum absolute atomic E-state index is 11.1. The van der Waals surface area contributed by atoms with Gasteiger partial charge in [-0.05, 0) is 62.4 Å². The third kappa shape index (κ3) is 3.73. The lowest BCUT2D eigenvalue weighted by molar-refractivity contribution is -0.0130. The first-order valence-electron chi connectivity index (χ1n) is 9.29. The van der Waals surface area contributed by atoms with Gasteiger partial charge >= 0.3 is 0 Å². The minimum Gasteiger partial charge on any atom is -0.384 e. The van der Waals surface area contributed by atoms with Crippen molar-refractivity contribution in [1.29, 1.82) is 0 Å². The molecule has 2 aromatic heterocycles. The van der Waals surface area contributed by atoms with Gasteiger partial charge in [0, 0.05) is 42.8 Å². The first kappa shape index (κ1) is 16.6. The quantitative estimate of drug-likeness (QED) is 0.797. The molecule has 1 saturated heterocycles. The molecule has 1 atom stereocenters. The van der Waals surface area contributed by atoms with Crippen LogP contribution in [-0.2, 0) is 5.60 Å². The summed E-state index contributed by atoms with van der Waals surface area (Å²) in [6.07, 6.45) is 10.2. The molecule has 0 unspecified atom stereocenters. The van der Waals surface area contributed by atoms with Crippen molar-refractivity contribution < 1.29 is 5.11 Å². The first-order chi connectivity index (χ1) is 12.2. The number of hydrogen-bond acceptors (Lipinski definition) is 5. The Hall–Kier alpha value is -1.82. The highest BCUT2D eigenvalue weighted by molar-refractivity contribution is 5.61. The third-order valence-electron chi connectivity index (χ3n) is 5.60. The summed E-state index contributed by atoms with van der Waals surface area (Å²) in [5, 5.41) is 18.2. The molecule has 5 heteroatoms. The highest BCUT2D eigenvalue weighted by Gasteiger charge is 2.36. The van der Waals surface area contributed by atoms with E-state index in [-0.39, 0.29) is 0 Å². The summed E-state index contributed by atoms with van der Waals surface area (Å²) in [6.45, 7) is 2.18. The number of aliphatic hydroxyl groups is 1. The third-order valence-corrected chi connectivity index (χ3v) is 5.60. The molecule has 1 saturated carbocycles. The van der Waals surface area contributed by atoms with Crippen molar-refractivity contribution in [1.82, 2.24) is 20.6 Å². The normalized spacial score (nSPS) is 29.6. The second-order valence-electron chi connectivity index (χ2n) is 7.33. The molecule has 0 amide bonds. The fourth-order valence-corrected chi connectivity index (χ4v) is 4.03. The lowest BCUT2D eigenvalue weighted by atomic mass is 9.79. The van der Waals surface area contributed by atoms with Crippen LogP contribution in [0.15, 0.2) is 42.9 Å². The topological polar surface area (TPSA) is 70.1 Å². The molecule has 2 fully saturated rings. The number of aromatic nitrogens is 2. The number of nitrogens with one attached hydrogen (secondary N) is 2. The van der Waals surface area contributed by atoms with E-state index in [1.165, 1.54) is 6.42 Å². The van der Waals surface area contributed by atoms with Gasteiger partial charge in [-0.3, -0.25) is 9.97 Å². The standard InChI is InChI=1S/C20H26N4O/c25-20(8-3-17(4-9-20)24-18-7-12-22-14-18)19-2-1-16(13-23-19)15-5-10-21-11-6-15/h1-2,5-6,10-11,13,17-18,22,24-25H,3-4,7-9,12,14H2/t17?,18-,20?/m0/s1. The minimum absolute atomic E-state index is 0.515. The van der Waals surface area contributed by atoms with E-state index in [2.05, 4.69) is 20.6 Å². The van der Waals surface area contributed by atoms with Gasteiger partial charge in [-0.2, -0.15) is 0 Å². The van der Waals surface area contributed by atoms with Crippen LogP contribution in [-0.4, -0.2) is 40.2 Å². The Bertz CT molecular complexity index is 675. The summed E-state index contributed by atoms with van der Waals surface area (Å²) in [4.78, 5) is 8.62. The number of nitrogens with zero attached hydrogens (tertiary/aromatic N) is 2. The lowest BCUT2D eigenvalue weighted by Crippen LogP contribution is -2.44. The van der Waals surface area contributed by atoms with Crippen LogP contribution < -0.4 is 10.6 Å². The largest absolute Gasteiger partial charge is 0.384 e. The summed E-state index contributed by atoms with van der Waals surface area (Å²) < 4.78 is 0. The molecule has 3 heterocycles.